The summed E-state index contributed by atoms with van der Waals surface area (Å²) in [5.74, 6) is 0.941. The lowest BCUT2D eigenvalue weighted by atomic mass is 10.0. The van der Waals surface area contributed by atoms with E-state index in [9.17, 15) is 8.42 Å². The van der Waals surface area contributed by atoms with E-state index in [4.69, 9.17) is 4.52 Å². The molecule has 0 aliphatic carbocycles. The standard InChI is InChI=1S/C17H24N2O3S/c1-12(2)11-16-7-5-15(6-8-16)9-10-18-23(20,21)17-13(3)19-22-14(17)4/h5-8,12,18H,9-11H2,1-4H3. The third-order valence-corrected chi connectivity index (χ3v) is 5.31. The van der Waals surface area contributed by atoms with Crippen LogP contribution in [0.2, 0.25) is 0 Å². The lowest BCUT2D eigenvalue weighted by Crippen LogP contribution is -2.26. The van der Waals surface area contributed by atoms with Crippen molar-refractivity contribution in [2.75, 3.05) is 6.54 Å². The Kier molecular flexibility index (Phi) is 5.59. The van der Waals surface area contributed by atoms with Crippen molar-refractivity contribution in [2.24, 2.45) is 5.92 Å². The zero-order chi connectivity index (χ0) is 17.0. The van der Waals surface area contributed by atoms with E-state index in [1.165, 1.54) is 5.56 Å². The van der Waals surface area contributed by atoms with E-state index in [0.29, 0.717) is 30.3 Å². The fraction of sp³-hybridized carbons (Fsp3) is 0.471. The zero-order valence-corrected chi connectivity index (χ0v) is 14.9. The largest absolute Gasteiger partial charge is 0.360 e. The maximum absolute atomic E-state index is 12.3. The SMILES string of the molecule is Cc1noc(C)c1S(=O)(=O)NCCc1ccc(CC(C)C)cc1. The molecule has 1 heterocycles. The number of hydrogen-bond acceptors (Lipinski definition) is 4. The highest BCUT2D eigenvalue weighted by molar-refractivity contribution is 7.89. The summed E-state index contributed by atoms with van der Waals surface area (Å²) in [6, 6.07) is 8.33. The summed E-state index contributed by atoms with van der Waals surface area (Å²) in [5.41, 5.74) is 2.80. The molecule has 2 rings (SSSR count). The predicted octanol–water partition coefficient (Wildman–Crippen LogP) is 3.01. The highest BCUT2D eigenvalue weighted by Crippen LogP contribution is 2.18. The number of benzene rings is 1. The normalized spacial score (nSPS) is 12.0. The molecule has 6 heteroatoms. The van der Waals surface area contributed by atoms with Crippen molar-refractivity contribution in [1.29, 1.82) is 0 Å². The zero-order valence-electron chi connectivity index (χ0n) is 14.1. The number of nitrogens with zero attached hydrogens (tertiary/aromatic N) is 1. The molecule has 0 saturated carbocycles. The molecule has 23 heavy (non-hydrogen) atoms. The van der Waals surface area contributed by atoms with E-state index in [1.807, 2.05) is 0 Å². The number of hydrogen-bond donors (Lipinski definition) is 1. The summed E-state index contributed by atoms with van der Waals surface area (Å²) in [6.07, 6.45) is 1.70. The van der Waals surface area contributed by atoms with Gasteiger partial charge in [0.1, 0.15) is 10.6 Å². The van der Waals surface area contributed by atoms with Crippen molar-refractivity contribution in [3.05, 3.63) is 46.8 Å². The molecule has 0 radical (unpaired) electrons. The van der Waals surface area contributed by atoms with Crippen LogP contribution in [-0.4, -0.2) is 20.1 Å². The van der Waals surface area contributed by atoms with Gasteiger partial charge < -0.3 is 4.52 Å². The van der Waals surface area contributed by atoms with Crippen LogP contribution < -0.4 is 4.72 Å². The van der Waals surface area contributed by atoms with E-state index in [1.54, 1.807) is 13.8 Å². The van der Waals surface area contributed by atoms with Gasteiger partial charge in [-0.1, -0.05) is 43.3 Å². The van der Waals surface area contributed by atoms with Crippen LogP contribution in [0.3, 0.4) is 0 Å². The topological polar surface area (TPSA) is 72.2 Å². The molecular formula is C17H24N2O3S. The van der Waals surface area contributed by atoms with Crippen molar-refractivity contribution in [2.45, 2.75) is 45.4 Å². The van der Waals surface area contributed by atoms with E-state index in [2.05, 4.69) is 48.0 Å². The van der Waals surface area contributed by atoms with Crippen LogP contribution in [0.25, 0.3) is 0 Å². The van der Waals surface area contributed by atoms with Crippen LogP contribution in [0.4, 0.5) is 0 Å². The number of nitrogens with one attached hydrogen (secondary N) is 1. The van der Waals surface area contributed by atoms with Crippen molar-refractivity contribution >= 4 is 10.0 Å². The Morgan fingerprint density at radius 3 is 2.26 bits per heavy atom. The second kappa shape index (κ2) is 7.27. The second-order valence-electron chi connectivity index (χ2n) is 6.22. The van der Waals surface area contributed by atoms with Crippen molar-refractivity contribution in [1.82, 2.24) is 9.88 Å². The van der Waals surface area contributed by atoms with Crippen LogP contribution in [0, 0.1) is 19.8 Å². The van der Waals surface area contributed by atoms with Gasteiger partial charge in [0.15, 0.2) is 5.76 Å². The molecule has 0 amide bonds. The molecular weight excluding hydrogens is 312 g/mol. The molecule has 2 aromatic rings. The molecule has 126 valence electrons. The number of sulfonamides is 1. The minimum atomic E-state index is -3.58. The molecule has 0 bridgehead atoms. The van der Waals surface area contributed by atoms with Gasteiger partial charge in [-0.05, 0) is 43.7 Å². The van der Waals surface area contributed by atoms with Crippen LogP contribution >= 0.6 is 0 Å². The van der Waals surface area contributed by atoms with Gasteiger partial charge in [0.2, 0.25) is 10.0 Å². The fourth-order valence-corrected chi connectivity index (χ4v) is 3.93. The van der Waals surface area contributed by atoms with Gasteiger partial charge in [0.05, 0.1) is 0 Å². The van der Waals surface area contributed by atoms with E-state index >= 15 is 0 Å². The van der Waals surface area contributed by atoms with Gasteiger partial charge in [0.25, 0.3) is 0 Å². The highest BCUT2D eigenvalue weighted by Gasteiger charge is 2.23. The van der Waals surface area contributed by atoms with Crippen LogP contribution in [0.15, 0.2) is 33.7 Å². The van der Waals surface area contributed by atoms with Gasteiger partial charge in [-0.25, -0.2) is 13.1 Å². The van der Waals surface area contributed by atoms with Crippen molar-refractivity contribution in [3.8, 4) is 0 Å². The van der Waals surface area contributed by atoms with Crippen molar-refractivity contribution in [3.63, 3.8) is 0 Å². The Balaban J connectivity index is 1.94. The molecule has 5 nitrogen and oxygen atoms in total. The van der Waals surface area contributed by atoms with Gasteiger partial charge in [-0.2, -0.15) is 0 Å². The monoisotopic (exact) mass is 336 g/mol. The second-order valence-corrected chi connectivity index (χ2v) is 7.92. The van der Waals surface area contributed by atoms with Crippen LogP contribution in [0.5, 0.6) is 0 Å². The Labute approximate surface area is 138 Å². The van der Waals surface area contributed by atoms with Crippen molar-refractivity contribution < 1.29 is 12.9 Å². The summed E-state index contributed by atoms with van der Waals surface area (Å²) < 4.78 is 32.1. The molecule has 1 N–H and O–H groups in total. The molecule has 1 aromatic carbocycles. The summed E-state index contributed by atoms with van der Waals surface area (Å²) in [6.45, 7) is 7.95. The van der Waals surface area contributed by atoms with E-state index < -0.39 is 10.0 Å². The van der Waals surface area contributed by atoms with Gasteiger partial charge >= 0.3 is 0 Å². The molecule has 0 fully saturated rings. The maximum Gasteiger partial charge on any atom is 0.245 e. The Morgan fingerprint density at radius 2 is 1.74 bits per heavy atom. The van der Waals surface area contributed by atoms with Crippen LogP contribution in [0.1, 0.15) is 36.4 Å². The molecule has 0 aliphatic rings. The van der Waals surface area contributed by atoms with E-state index in [-0.39, 0.29) is 4.90 Å². The third-order valence-electron chi connectivity index (χ3n) is 3.61. The molecule has 0 unspecified atom stereocenters. The lowest BCUT2D eigenvalue weighted by molar-refractivity contribution is 0.390. The number of aromatic nitrogens is 1. The van der Waals surface area contributed by atoms with Gasteiger partial charge in [0, 0.05) is 6.54 Å². The van der Waals surface area contributed by atoms with Gasteiger partial charge in [-0.15, -0.1) is 0 Å². The lowest BCUT2D eigenvalue weighted by Gasteiger charge is -2.08. The molecule has 1 aromatic heterocycles. The smallest absolute Gasteiger partial charge is 0.245 e. The average Bonchev–Trinajstić information content (AvgIpc) is 2.80. The predicted molar refractivity (Wildman–Crippen MR) is 89.9 cm³/mol. The first-order valence-corrected chi connectivity index (χ1v) is 9.28. The Bertz CT molecular complexity index is 727. The minimum absolute atomic E-state index is 0.143. The molecule has 0 aliphatic heterocycles. The first-order valence-electron chi connectivity index (χ1n) is 7.80. The Hall–Kier alpha value is -1.66. The highest BCUT2D eigenvalue weighted by atomic mass is 32.2. The third kappa shape index (κ3) is 4.65. The quantitative estimate of drug-likeness (QED) is 0.843. The maximum atomic E-state index is 12.3. The fourth-order valence-electron chi connectivity index (χ4n) is 2.57. The number of aryl methyl sites for hydroxylation is 2. The van der Waals surface area contributed by atoms with Crippen LogP contribution in [-0.2, 0) is 22.9 Å². The summed E-state index contributed by atoms with van der Waals surface area (Å²) >= 11 is 0. The molecule has 0 saturated heterocycles. The molecule has 0 spiro atoms. The first-order chi connectivity index (χ1) is 10.8. The average molecular weight is 336 g/mol. The summed E-state index contributed by atoms with van der Waals surface area (Å²) in [4.78, 5) is 0.143. The minimum Gasteiger partial charge on any atom is -0.360 e. The van der Waals surface area contributed by atoms with E-state index in [0.717, 1.165) is 12.0 Å². The molecule has 0 atom stereocenters. The summed E-state index contributed by atoms with van der Waals surface area (Å²) in [5, 5.41) is 3.69. The summed E-state index contributed by atoms with van der Waals surface area (Å²) in [7, 11) is -3.58. The number of rotatable bonds is 7. The Morgan fingerprint density at radius 1 is 1.13 bits per heavy atom. The first kappa shape index (κ1) is 17.7. The van der Waals surface area contributed by atoms with Gasteiger partial charge in [-0.3, -0.25) is 0 Å².